The first-order chi connectivity index (χ1) is 14.2. The summed E-state index contributed by atoms with van der Waals surface area (Å²) >= 11 is 0. The number of amides is 2. The highest BCUT2D eigenvalue weighted by molar-refractivity contribution is 7.91. The molecule has 2 amide bonds. The first kappa shape index (κ1) is 22.8. The molecule has 0 fully saturated rings. The van der Waals surface area contributed by atoms with Crippen LogP contribution in [0.15, 0.2) is 65.6 Å². The lowest BCUT2D eigenvalue weighted by Gasteiger charge is -2.13. The number of nitrogens with one attached hydrogen (secondary N) is 2. The highest BCUT2D eigenvalue weighted by Crippen LogP contribution is 2.16. The molecule has 0 saturated carbocycles. The van der Waals surface area contributed by atoms with E-state index in [0.29, 0.717) is 0 Å². The van der Waals surface area contributed by atoms with E-state index in [9.17, 15) is 28.1 Å². The van der Waals surface area contributed by atoms with Crippen molar-refractivity contribution in [2.24, 2.45) is 0 Å². The third-order valence-corrected chi connectivity index (χ3v) is 5.79. The summed E-state index contributed by atoms with van der Waals surface area (Å²) < 4.78 is 24.5. The van der Waals surface area contributed by atoms with Crippen LogP contribution in [0.4, 0.5) is 5.69 Å². The predicted molar refractivity (Wildman–Crippen MR) is 111 cm³/mol. The SMILES string of the molecule is CC(NC(=O)/C=C/c1ccccc1)C(=O)NCCS(=O)(=O)c1ccc([N+](=O)[O-])cc1. The van der Waals surface area contributed by atoms with Crippen molar-refractivity contribution in [2.45, 2.75) is 17.9 Å². The number of benzene rings is 2. The molecular weight excluding hydrogens is 410 g/mol. The average molecular weight is 431 g/mol. The fourth-order valence-electron chi connectivity index (χ4n) is 2.42. The maximum Gasteiger partial charge on any atom is 0.269 e. The highest BCUT2D eigenvalue weighted by atomic mass is 32.2. The van der Waals surface area contributed by atoms with E-state index in [-0.39, 0.29) is 22.9 Å². The number of rotatable bonds is 9. The Labute approximate surface area is 173 Å². The van der Waals surface area contributed by atoms with Crippen LogP contribution in [0.3, 0.4) is 0 Å². The minimum atomic E-state index is -3.72. The van der Waals surface area contributed by atoms with Gasteiger partial charge in [0.05, 0.1) is 15.6 Å². The number of sulfone groups is 1. The van der Waals surface area contributed by atoms with E-state index in [0.717, 1.165) is 29.8 Å². The number of hydrogen-bond acceptors (Lipinski definition) is 6. The molecule has 0 bridgehead atoms. The molecule has 0 heterocycles. The first-order valence-corrected chi connectivity index (χ1v) is 10.6. The Hall–Kier alpha value is -3.53. The number of carbonyl (C=O) groups excluding carboxylic acids is 2. The molecule has 9 nitrogen and oxygen atoms in total. The van der Waals surface area contributed by atoms with Crippen molar-refractivity contribution in [2.75, 3.05) is 12.3 Å². The lowest BCUT2D eigenvalue weighted by atomic mass is 10.2. The van der Waals surface area contributed by atoms with E-state index in [2.05, 4.69) is 10.6 Å². The number of nitro groups is 1. The van der Waals surface area contributed by atoms with Crippen LogP contribution in [0.2, 0.25) is 0 Å². The van der Waals surface area contributed by atoms with Gasteiger partial charge in [-0.3, -0.25) is 19.7 Å². The van der Waals surface area contributed by atoms with Crippen LogP contribution in [0.1, 0.15) is 12.5 Å². The van der Waals surface area contributed by atoms with E-state index in [1.165, 1.54) is 13.0 Å². The van der Waals surface area contributed by atoms with Gasteiger partial charge in [-0.1, -0.05) is 30.3 Å². The maximum absolute atomic E-state index is 12.3. The van der Waals surface area contributed by atoms with Gasteiger partial charge >= 0.3 is 0 Å². The van der Waals surface area contributed by atoms with E-state index in [1.807, 2.05) is 30.3 Å². The van der Waals surface area contributed by atoms with Crippen molar-refractivity contribution in [3.63, 3.8) is 0 Å². The van der Waals surface area contributed by atoms with Crippen molar-refractivity contribution in [3.05, 3.63) is 76.4 Å². The van der Waals surface area contributed by atoms with Crippen LogP contribution >= 0.6 is 0 Å². The molecule has 0 saturated heterocycles. The minimum absolute atomic E-state index is 0.0743. The van der Waals surface area contributed by atoms with Crippen molar-refractivity contribution in [1.82, 2.24) is 10.6 Å². The minimum Gasteiger partial charge on any atom is -0.353 e. The van der Waals surface area contributed by atoms with E-state index < -0.39 is 32.6 Å². The molecule has 0 aliphatic carbocycles. The molecule has 158 valence electrons. The summed E-state index contributed by atoms with van der Waals surface area (Å²) in [6.07, 6.45) is 2.91. The van der Waals surface area contributed by atoms with Gasteiger partial charge in [-0.15, -0.1) is 0 Å². The van der Waals surface area contributed by atoms with Crippen molar-refractivity contribution in [3.8, 4) is 0 Å². The molecular formula is C20H21N3O6S. The number of nitrogens with zero attached hydrogens (tertiary/aromatic N) is 1. The Morgan fingerprint density at radius 3 is 2.33 bits per heavy atom. The van der Waals surface area contributed by atoms with Crippen LogP contribution in [-0.4, -0.2) is 43.5 Å². The standard InChI is InChI=1S/C20H21N3O6S/c1-15(22-19(24)12-7-16-5-3-2-4-6-16)20(25)21-13-14-30(28,29)18-10-8-17(9-11-18)23(26)27/h2-12,15H,13-14H2,1H3,(H,21,25)(H,22,24)/b12-7+. The summed E-state index contributed by atoms with van der Waals surface area (Å²) in [4.78, 5) is 33.9. The molecule has 2 aromatic rings. The molecule has 1 unspecified atom stereocenters. The van der Waals surface area contributed by atoms with Gasteiger partial charge in [0.25, 0.3) is 5.69 Å². The topological polar surface area (TPSA) is 135 Å². The fourth-order valence-corrected chi connectivity index (χ4v) is 3.58. The van der Waals surface area contributed by atoms with Crippen LogP contribution < -0.4 is 10.6 Å². The fraction of sp³-hybridized carbons (Fsp3) is 0.200. The summed E-state index contributed by atoms with van der Waals surface area (Å²) in [6.45, 7) is 1.31. The molecule has 2 rings (SSSR count). The van der Waals surface area contributed by atoms with Gasteiger partial charge in [-0.2, -0.15) is 0 Å². The average Bonchev–Trinajstić information content (AvgIpc) is 2.72. The Balaban J connectivity index is 1.82. The Morgan fingerprint density at radius 2 is 1.73 bits per heavy atom. The van der Waals surface area contributed by atoms with Crippen LogP contribution in [0.5, 0.6) is 0 Å². The molecule has 2 N–H and O–H groups in total. The van der Waals surface area contributed by atoms with Crippen LogP contribution in [0.25, 0.3) is 6.08 Å². The summed E-state index contributed by atoms with van der Waals surface area (Å²) in [5.41, 5.74) is 0.620. The van der Waals surface area contributed by atoms with Gasteiger partial charge in [0.2, 0.25) is 11.8 Å². The normalized spacial score (nSPS) is 12.3. The quantitative estimate of drug-likeness (QED) is 0.352. The Kier molecular flexibility index (Phi) is 7.82. The number of carbonyl (C=O) groups is 2. The zero-order valence-electron chi connectivity index (χ0n) is 16.1. The van der Waals surface area contributed by atoms with Gasteiger partial charge < -0.3 is 10.6 Å². The molecule has 10 heteroatoms. The lowest BCUT2D eigenvalue weighted by molar-refractivity contribution is -0.384. The summed E-state index contributed by atoms with van der Waals surface area (Å²) in [5.74, 6) is -1.37. The number of non-ortho nitro benzene ring substituents is 1. The van der Waals surface area contributed by atoms with E-state index in [1.54, 1.807) is 6.08 Å². The largest absolute Gasteiger partial charge is 0.353 e. The molecule has 1 atom stereocenters. The first-order valence-electron chi connectivity index (χ1n) is 8.97. The van der Waals surface area contributed by atoms with Gasteiger partial charge in [0, 0.05) is 24.8 Å². The monoisotopic (exact) mass is 431 g/mol. The molecule has 0 aliphatic heterocycles. The van der Waals surface area contributed by atoms with Crippen molar-refractivity contribution < 1.29 is 22.9 Å². The van der Waals surface area contributed by atoms with Gasteiger partial charge in [-0.05, 0) is 30.7 Å². The van der Waals surface area contributed by atoms with Crippen molar-refractivity contribution >= 4 is 33.4 Å². The Morgan fingerprint density at radius 1 is 1.10 bits per heavy atom. The summed E-state index contributed by atoms with van der Waals surface area (Å²) in [7, 11) is -3.72. The third-order valence-electron chi connectivity index (χ3n) is 4.06. The third kappa shape index (κ3) is 6.82. The lowest BCUT2D eigenvalue weighted by Crippen LogP contribution is -2.45. The Bertz CT molecular complexity index is 1030. The highest BCUT2D eigenvalue weighted by Gasteiger charge is 2.18. The number of hydrogen-bond donors (Lipinski definition) is 2. The molecule has 0 aromatic heterocycles. The van der Waals surface area contributed by atoms with Gasteiger partial charge in [-0.25, -0.2) is 8.42 Å². The smallest absolute Gasteiger partial charge is 0.269 e. The molecule has 0 spiro atoms. The van der Waals surface area contributed by atoms with Crippen molar-refractivity contribution in [1.29, 1.82) is 0 Å². The maximum atomic E-state index is 12.3. The number of nitro benzene ring substituents is 1. The second kappa shape index (κ2) is 10.3. The van der Waals surface area contributed by atoms with Gasteiger partial charge in [0.1, 0.15) is 6.04 Å². The summed E-state index contributed by atoms with van der Waals surface area (Å²) in [5, 5.41) is 15.6. The second-order valence-electron chi connectivity index (χ2n) is 6.34. The van der Waals surface area contributed by atoms with Crippen LogP contribution in [0, 0.1) is 10.1 Å². The second-order valence-corrected chi connectivity index (χ2v) is 8.44. The van der Waals surface area contributed by atoms with E-state index in [4.69, 9.17) is 0 Å². The van der Waals surface area contributed by atoms with E-state index >= 15 is 0 Å². The molecule has 2 aromatic carbocycles. The zero-order valence-corrected chi connectivity index (χ0v) is 17.0. The molecule has 30 heavy (non-hydrogen) atoms. The van der Waals surface area contributed by atoms with Crippen LogP contribution in [-0.2, 0) is 19.4 Å². The predicted octanol–water partition coefficient (Wildman–Crippen LogP) is 1.70. The zero-order chi connectivity index (χ0) is 22.1. The molecule has 0 radical (unpaired) electrons. The summed E-state index contributed by atoms with van der Waals surface area (Å²) in [6, 6.07) is 12.8. The molecule has 0 aliphatic rings. The van der Waals surface area contributed by atoms with Gasteiger partial charge in [0.15, 0.2) is 9.84 Å².